The maximum Gasteiger partial charge on any atom is 0.301 e. The van der Waals surface area contributed by atoms with E-state index < -0.39 is 58.6 Å². The van der Waals surface area contributed by atoms with Gasteiger partial charge in [-0.3, -0.25) is 9.36 Å². The molecule has 0 unspecified atom stereocenters. The van der Waals surface area contributed by atoms with Crippen molar-refractivity contribution in [1.29, 1.82) is 0 Å². The van der Waals surface area contributed by atoms with E-state index >= 15 is 0 Å². The van der Waals surface area contributed by atoms with E-state index in [0.717, 1.165) is 17.0 Å². The lowest BCUT2D eigenvalue weighted by Crippen LogP contribution is -2.50. The van der Waals surface area contributed by atoms with Crippen LogP contribution in [0.15, 0.2) is 30.9 Å². The van der Waals surface area contributed by atoms with Gasteiger partial charge >= 0.3 is 10.2 Å². The fourth-order valence-corrected chi connectivity index (χ4v) is 4.21. The largest absolute Gasteiger partial charge is 0.398 e. The first-order valence-electron chi connectivity index (χ1n) is 9.35. The number of aliphatic hydroxyl groups excluding tert-OH is 1. The summed E-state index contributed by atoms with van der Waals surface area (Å²) in [5.74, 6) is -2.23. The van der Waals surface area contributed by atoms with Gasteiger partial charge < -0.3 is 26.4 Å². The van der Waals surface area contributed by atoms with E-state index in [1.165, 1.54) is 18.5 Å². The van der Waals surface area contributed by atoms with Gasteiger partial charge in [-0.25, -0.2) is 24.1 Å². The fraction of sp³-hybridized carbons (Fsp3) is 0.294. The van der Waals surface area contributed by atoms with Crippen molar-refractivity contribution in [1.82, 2.24) is 29.0 Å². The van der Waals surface area contributed by atoms with Crippen LogP contribution >= 0.6 is 0 Å². The van der Waals surface area contributed by atoms with Crippen LogP contribution < -0.4 is 20.9 Å². The molecule has 2 aromatic heterocycles. The molecule has 4 rings (SSSR count). The molecule has 0 radical (unpaired) electrons. The first kappa shape index (κ1) is 22.7. The first-order valence-corrected chi connectivity index (χ1v) is 10.8. The monoisotopic (exact) mass is 482 g/mol. The van der Waals surface area contributed by atoms with Gasteiger partial charge in [-0.05, 0) is 12.1 Å². The highest BCUT2D eigenvalue weighted by Crippen LogP contribution is 2.32. The molecule has 14 nitrogen and oxygen atoms in total. The van der Waals surface area contributed by atoms with Crippen LogP contribution in [0.5, 0.6) is 0 Å². The topological polar surface area (TPSA) is 221 Å². The summed E-state index contributed by atoms with van der Waals surface area (Å²) in [7, 11) is -4.51. The molecular weight excluding hydrogens is 463 g/mol. The molecule has 3 heterocycles. The summed E-state index contributed by atoms with van der Waals surface area (Å²) in [6.45, 7) is -0.976. The third-order valence-corrected chi connectivity index (χ3v) is 6.09. The molecule has 0 spiro atoms. The number of aliphatic hydroxyl groups is 2. The quantitative estimate of drug-likeness (QED) is 0.207. The molecular formula is C17H19FN8O6S. The normalized spacial score (nSPS) is 23.1. The van der Waals surface area contributed by atoms with Crippen LogP contribution in [-0.4, -0.2) is 69.4 Å². The van der Waals surface area contributed by atoms with Crippen LogP contribution in [0, 0.1) is 5.82 Å². The maximum atomic E-state index is 13.9. The van der Waals surface area contributed by atoms with Gasteiger partial charge in [0, 0.05) is 12.2 Å². The molecule has 1 aliphatic rings. The van der Waals surface area contributed by atoms with Gasteiger partial charge in [0.25, 0.3) is 5.91 Å². The van der Waals surface area contributed by atoms with Gasteiger partial charge in [0.1, 0.15) is 29.9 Å². The Morgan fingerprint density at radius 2 is 2.09 bits per heavy atom. The van der Waals surface area contributed by atoms with Crippen LogP contribution in [-0.2, 0) is 20.7 Å². The number of nitrogen functional groups attached to an aromatic ring is 2. The summed E-state index contributed by atoms with van der Waals surface area (Å²) in [5.41, 5.74) is 8.65. The molecule has 1 aliphatic heterocycles. The molecule has 3 atom stereocenters. The van der Waals surface area contributed by atoms with Gasteiger partial charge in [-0.1, -0.05) is 6.07 Å². The van der Waals surface area contributed by atoms with Crippen molar-refractivity contribution < 1.29 is 32.6 Å². The maximum absolute atomic E-state index is 13.9. The minimum Gasteiger partial charge on any atom is -0.398 e. The number of carbonyl (C=O) groups excluding carboxylic acids is 1. The number of hydrogen-bond donors (Lipinski definition) is 6. The summed E-state index contributed by atoms with van der Waals surface area (Å²) in [5, 5.41) is 21.7. The number of nitrogens with two attached hydrogens (primary N) is 2. The Kier molecular flexibility index (Phi) is 5.62. The number of imidazole rings is 1. The molecule has 1 amide bonds. The number of rotatable bonds is 6. The number of amides is 1. The van der Waals surface area contributed by atoms with Crippen molar-refractivity contribution in [2.24, 2.45) is 0 Å². The van der Waals surface area contributed by atoms with Gasteiger partial charge in [-0.15, -0.1) is 0 Å². The van der Waals surface area contributed by atoms with E-state index in [9.17, 15) is 27.8 Å². The molecule has 33 heavy (non-hydrogen) atoms. The van der Waals surface area contributed by atoms with E-state index in [-0.39, 0.29) is 22.7 Å². The Balaban J connectivity index is 1.46. The number of fused-ring (bicyclic) bond motifs is 1. The first-order chi connectivity index (χ1) is 15.5. The molecule has 8 N–H and O–H groups in total. The molecule has 1 saturated heterocycles. The summed E-state index contributed by atoms with van der Waals surface area (Å²) in [4.78, 5) is 24.0. The van der Waals surface area contributed by atoms with Crippen molar-refractivity contribution in [3.05, 3.63) is 42.2 Å². The lowest BCUT2D eigenvalue weighted by atomic mass is 10.1. The minimum absolute atomic E-state index is 0.0614. The van der Waals surface area contributed by atoms with Crippen LogP contribution in [0.2, 0.25) is 0 Å². The number of benzene rings is 1. The standard InChI is InChI=1S/C17H19FN8O6S/c18-8-2-1-3-9(19)11(8)16(28)25-33(30,31)24-4-10-13(27)17(29,5-32-10)26-7-23-12-14(20)21-6-22-15(12)26/h1-3,6-7,10,13,24,27,29H,4-5,19H2,(H,25,28)(H2,20,21,22)/t10-,13-,17-/m1/s1. The number of nitrogens with zero attached hydrogens (tertiary/aromatic N) is 4. The molecule has 1 aromatic carbocycles. The number of ether oxygens (including phenoxy) is 1. The van der Waals surface area contributed by atoms with Crippen molar-refractivity contribution in [3.63, 3.8) is 0 Å². The highest BCUT2D eigenvalue weighted by molar-refractivity contribution is 7.88. The SMILES string of the molecule is Nc1cccc(F)c1C(=O)NS(=O)(=O)NC[C@H]1OC[C@](O)(n2cnc3c(N)ncnc32)[C@@H]1O. The molecule has 0 saturated carbocycles. The predicted octanol–water partition coefficient (Wildman–Crippen LogP) is -2.20. The van der Waals surface area contributed by atoms with Crippen LogP contribution in [0.3, 0.4) is 0 Å². The lowest BCUT2D eigenvalue weighted by Gasteiger charge is -2.27. The van der Waals surface area contributed by atoms with Gasteiger partial charge in [0.15, 0.2) is 17.2 Å². The molecule has 16 heteroatoms. The predicted molar refractivity (Wildman–Crippen MR) is 111 cm³/mol. The van der Waals surface area contributed by atoms with Crippen LogP contribution in [0.25, 0.3) is 11.2 Å². The van der Waals surface area contributed by atoms with Crippen molar-refractivity contribution in [2.75, 3.05) is 24.6 Å². The number of halogens is 1. The highest BCUT2D eigenvalue weighted by atomic mass is 32.2. The second-order valence-corrected chi connectivity index (χ2v) is 8.71. The average molecular weight is 482 g/mol. The summed E-state index contributed by atoms with van der Waals surface area (Å²) in [6, 6.07) is 3.45. The van der Waals surface area contributed by atoms with Gasteiger partial charge in [0.05, 0.1) is 18.5 Å². The van der Waals surface area contributed by atoms with Crippen molar-refractivity contribution in [3.8, 4) is 0 Å². The van der Waals surface area contributed by atoms with Crippen LogP contribution in [0.4, 0.5) is 15.9 Å². The zero-order chi connectivity index (χ0) is 24.0. The van der Waals surface area contributed by atoms with E-state index in [0.29, 0.717) is 0 Å². The summed E-state index contributed by atoms with van der Waals surface area (Å²) >= 11 is 0. The van der Waals surface area contributed by atoms with Gasteiger partial charge in [0.2, 0.25) is 0 Å². The van der Waals surface area contributed by atoms with Crippen molar-refractivity contribution in [2.45, 2.75) is 17.9 Å². The van der Waals surface area contributed by atoms with Gasteiger partial charge in [-0.2, -0.15) is 13.1 Å². The van der Waals surface area contributed by atoms with E-state index in [1.807, 2.05) is 4.72 Å². The zero-order valence-electron chi connectivity index (χ0n) is 16.7. The third kappa shape index (κ3) is 4.05. The molecule has 176 valence electrons. The van der Waals surface area contributed by atoms with E-state index in [1.54, 1.807) is 4.72 Å². The number of carbonyl (C=O) groups is 1. The Hall–Kier alpha value is -3.44. The Morgan fingerprint density at radius 1 is 1.33 bits per heavy atom. The molecule has 0 bridgehead atoms. The third-order valence-electron chi connectivity index (χ3n) is 5.09. The molecule has 0 aliphatic carbocycles. The lowest BCUT2D eigenvalue weighted by molar-refractivity contribution is -0.107. The zero-order valence-corrected chi connectivity index (χ0v) is 17.5. The Bertz CT molecular complexity index is 1310. The Labute approximate surface area is 185 Å². The van der Waals surface area contributed by atoms with E-state index in [4.69, 9.17) is 16.2 Å². The number of anilines is 2. The van der Waals surface area contributed by atoms with Crippen LogP contribution in [0.1, 0.15) is 10.4 Å². The second-order valence-electron chi connectivity index (χ2n) is 7.21. The average Bonchev–Trinajstić information content (AvgIpc) is 3.30. The number of hydrogen-bond acceptors (Lipinski definition) is 11. The molecule has 3 aromatic rings. The van der Waals surface area contributed by atoms with Crippen molar-refractivity contribution >= 4 is 38.8 Å². The Morgan fingerprint density at radius 3 is 2.82 bits per heavy atom. The highest BCUT2D eigenvalue weighted by Gasteiger charge is 2.50. The molecule has 1 fully saturated rings. The van der Waals surface area contributed by atoms with E-state index in [2.05, 4.69) is 15.0 Å². The second kappa shape index (κ2) is 8.16. The summed E-state index contributed by atoms with van der Waals surface area (Å²) in [6.07, 6.45) is -0.519. The minimum atomic E-state index is -4.51. The number of aromatic nitrogens is 4. The summed E-state index contributed by atoms with van der Waals surface area (Å²) < 4.78 is 48.5. The number of nitrogens with one attached hydrogen (secondary N) is 2. The fourth-order valence-electron chi connectivity index (χ4n) is 3.40. The smallest absolute Gasteiger partial charge is 0.301 e.